The molecule has 2 N–H and O–H groups in total. The Morgan fingerprint density at radius 2 is 2.12 bits per heavy atom. The van der Waals surface area contributed by atoms with Crippen LogP contribution in [0.15, 0.2) is 30.5 Å². The third-order valence-corrected chi connectivity index (χ3v) is 6.09. The van der Waals surface area contributed by atoms with E-state index in [0.717, 1.165) is 28.3 Å². The van der Waals surface area contributed by atoms with Gasteiger partial charge < -0.3 is 15.0 Å². The highest BCUT2D eigenvalue weighted by atomic mass is 16.5. The Morgan fingerprint density at radius 1 is 1.27 bits per heavy atom. The van der Waals surface area contributed by atoms with Crippen molar-refractivity contribution in [1.29, 1.82) is 0 Å². The second-order valence-electron chi connectivity index (χ2n) is 7.88. The van der Waals surface area contributed by atoms with Crippen LogP contribution in [-0.2, 0) is 20.7 Å². The number of para-hydroxylation sites is 1. The van der Waals surface area contributed by atoms with E-state index >= 15 is 0 Å². The first-order valence-corrected chi connectivity index (χ1v) is 9.59. The first kappa shape index (κ1) is 17.1. The maximum Gasteiger partial charge on any atom is 0.328 e. The predicted molar refractivity (Wildman–Crippen MR) is 99.5 cm³/mol. The van der Waals surface area contributed by atoms with Gasteiger partial charge in [-0.3, -0.25) is 4.79 Å². The lowest BCUT2D eigenvalue weighted by atomic mass is 9.89. The summed E-state index contributed by atoms with van der Waals surface area (Å²) in [5, 5.41) is 3.84. The van der Waals surface area contributed by atoms with Gasteiger partial charge in [0.25, 0.3) is 0 Å². The molecule has 0 radical (unpaired) electrons. The fourth-order valence-corrected chi connectivity index (χ4v) is 4.83. The zero-order chi connectivity index (χ0) is 18.1. The van der Waals surface area contributed by atoms with Gasteiger partial charge in [0.15, 0.2) is 0 Å². The number of nitrogens with one attached hydrogen (secondary N) is 2. The number of hydrogen-bond acceptors (Lipinski definition) is 3. The average Bonchev–Trinajstić information content (AvgIpc) is 3.34. The van der Waals surface area contributed by atoms with Crippen LogP contribution in [0.25, 0.3) is 10.9 Å². The van der Waals surface area contributed by atoms with Gasteiger partial charge in [0.2, 0.25) is 5.91 Å². The SMILES string of the molecule is CC(=O)N[C@H](Cc1c[nH]c2ccccc12)C(=O)OC[C@@H]1C[C@H]2CC[C@H]1C2. The lowest BCUT2D eigenvalue weighted by molar-refractivity contribution is -0.149. The third kappa shape index (κ3) is 3.48. The Balaban J connectivity index is 1.42. The molecule has 0 unspecified atom stereocenters. The van der Waals surface area contributed by atoms with Gasteiger partial charge in [-0.2, -0.15) is 0 Å². The maximum atomic E-state index is 12.7. The largest absolute Gasteiger partial charge is 0.464 e. The summed E-state index contributed by atoms with van der Waals surface area (Å²) in [6, 6.07) is 7.31. The molecule has 2 aromatic rings. The highest BCUT2D eigenvalue weighted by molar-refractivity contribution is 5.86. The lowest BCUT2D eigenvalue weighted by Crippen LogP contribution is -2.43. The number of hydrogen-bond donors (Lipinski definition) is 2. The topological polar surface area (TPSA) is 71.2 Å². The van der Waals surface area contributed by atoms with Crippen LogP contribution in [0.2, 0.25) is 0 Å². The Bertz CT molecular complexity index is 812. The van der Waals surface area contributed by atoms with E-state index in [0.29, 0.717) is 18.9 Å². The van der Waals surface area contributed by atoms with E-state index in [1.165, 1.54) is 32.6 Å². The van der Waals surface area contributed by atoms with E-state index in [-0.39, 0.29) is 11.9 Å². The minimum Gasteiger partial charge on any atom is -0.464 e. The number of carbonyl (C=O) groups excluding carboxylic acids is 2. The van der Waals surface area contributed by atoms with Gasteiger partial charge in [0, 0.05) is 30.4 Å². The van der Waals surface area contributed by atoms with Crippen molar-refractivity contribution in [3.63, 3.8) is 0 Å². The molecule has 1 heterocycles. The van der Waals surface area contributed by atoms with Crippen molar-refractivity contribution >= 4 is 22.8 Å². The van der Waals surface area contributed by atoms with E-state index in [9.17, 15) is 9.59 Å². The molecule has 2 fully saturated rings. The number of amides is 1. The highest BCUT2D eigenvalue weighted by Crippen LogP contribution is 2.48. The molecule has 0 aliphatic heterocycles. The number of esters is 1. The van der Waals surface area contributed by atoms with Gasteiger partial charge >= 0.3 is 5.97 Å². The minimum atomic E-state index is -0.648. The van der Waals surface area contributed by atoms with E-state index in [1.807, 2.05) is 30.5 Å². The molecule has 1 aromatic carbocycles. The van der Waals surface area contributed by atoms with Crippen molar-refractivity contribution in [2.45, 2.75) is 45.1 Å². The predicted octanol–water partition coefficient (Wildman–Crippen LogP) is 3.19. The number of aromatic nitrogens is 1. The first-order chi connectivity index (χ1) is 12.6. The summed E-state index contributed by atoms with van der Waals surface area (Å²) >= 11 is 0. The molecule has 2 bridgehead atoms. The zero-order valence-corrected chi connectivity index (χ0v) is 15.2. The maximum absolute atomic E-state index is 12.7. The molecule has 2 aliphatic carbocycles. The second-order valence-corrected chi connectivity index (χ2v) is 7.88. The molecule has 5 nitrogen and oxygen atoms in total. The molecule has 0 spiro atoms. The van der Waals surface area contributed by atoms with Crippen LogP contribution in [0.1, 0.15) is 38.2 Å². The Kier molecular flexibility index (Phi) is 4.70. The number of H-pyrrole nitrogens is 1. The fraction of sp³-hybridized carbons (Fsp3) is 0.524. The summed E-state index contributed by atoms with van der Waals surface area (Å²) in [5.74, 6) is 1.52. The number of rotatable bonds is 6. The number of aromatic amines is 1. The minimum absolute atomic E-state index is 0.216. The number of carbonyl (C=O) groups is 2. The summed E-state index contributed by atoms with van der Waals surface area (Å²) < 4.78 is 5.64. The third-order valence-electron chi connectivity index (χ3n) is 6.09. The second kappa shape index (κ2) is 7.14. The van der Waals surface area contributed by atoms with Crippen LogP contribution in [0.4, 0.5) is 0 Å². The fourth-order valence-electron chi connectivity index (χ4n) is 4.83. The molecular formula is C21H26N2O3. The molecule has 138 valence electrons. The van der Waals surface area contributed by atoms with E-state index in [1.54, 1.807) is 0 Å². The van der Waals surface area contributed by atoms with Gasteiger partial charge in [-0.1, -0.05) is 24.6 Å². The normalized spacial score (nSPS) is 25.3. The van der Waals surface area contributed by atoms with Crippen molar-refractivity contribution in [3.05, 3.63) is 36.0 Å². The van der Waals surface area contributed by atoms with Crippen molar-refractivity contribution in [1.82, 2.24) is 10.3 Å². The molecule has 2 aliphatic rings. The molecular weight excluding hydrogens is 328 g/mol. The lowest BCUT2D eigenvalue weighted by Gasteiger charge is -2.23. The number of benzene rings is 1. The zero-order valence-electron chi connectivity index (χ0n) is 15.2. The van der Waals surface area contributed by atoms with Gasteiger partial charge in [0.1, 0.15) is 6.04 Å². The number of fused-ring (bicyclic) bond motifs is 3. The summed E-state index contributed by atoms with van der Waals surface area (Å²) in [6.07, 6.45) is 7.43. The Labute approximate surface area is 153 Å². The highest BCUT2D eigenvalue weighted by Gasteiger charge is 2.40. The summed E-state index contributed by atoms with van der Waals surface area (Å²) in [6.45, 7) is 1.93. The molecule has 1 amide bonds. The van der Waals surface area contributed by atoms with Crippen LogP contribution in [0, 0.1) is 17.8 Å². The van der Waals surface area contributed by atoms with E-state index in [4.69, 9.17) is 4.74 Å². The molecule has 26 heavy (non-hydrogen) atoms. The summed E-state index contributed by atoms with van der Waals surface area (Å²) in [5.41, 5.74) is 2.04. The molecule has 4 rings (SSSR count). The van der Waals surface area contributed by atoms with Gasteiger partial charge in [-0.25, -0.2) is 4.79 Å². The van der Waals surface area contributed by atoms with Crippen LogP contribution >= 0.6 is 0 Å². The van der Waals surface area contributed by atoms with Gasteiger partial charge in [-0.05, 0) is 48.6 Å². The quantitative estimate of drug-likeness (QED) is 0.783. The molecule has 1 aromatic heterocycles. The van der Waals surface area contributed by atoms with Crippen molar-refractivity contribution in [3.8, 4) is 0 Å². The summed E-state index contributed by atoms with van der Waals surface area (Å²) in [7, 11) is 0. The van der Waals surface area contributed by atoms with Crippen molar-refractivity contribution in [2.75, 3.05) is 6.61 Å². The molecule has 0 saturated heterocycles. The standard InChI is InChI=1S/C21H26N2O3/c1-13(24)23-20(10-16-11-22-19-5-3-2-4-18(16)19)21(25)26-12-17-9-14-6-7-15(17)8-14/h2-5,11,14-15,17,20,22H,6-10,12H2,1H3,(H,23,24)/t14-,15-,17-,20+/m0/s1. The number of ether oxygens (including phenoxy) is 1. The van der Waals surface area contributed by atoms with Crippen molar-refractivity contribution in [2.24, 2.45) is 17.8 Å². The van der Waals surface area contributed by atoms with Crippen LogP contribution in [0.5, 0.6) is 0 Å². The van der Waals surface area contributed by atoms with Gasteiger partial charge in [0.05, 0.1) is 6.61 Å². The van der Waals surface area contributed by atoms with Gasteiger partial charge in [-0.15, -0.1) is 0 Å². The van der Waals surface area contributed by atoms with E-state index in [2.05, 4.69) is 10.3 Å². The van der Waals surface area contributed by atoms with Crippen molar-refractivity contribution < 1.29 is 14.3 Å². The van der Waals surface area contributed by atoms with Crippen LogP contribution < -0.4 is 5.32 Å². The summed E-state index contributed by atoms with van der Waals surface area (Å²) in [4.78, 5) is 27.5. The Hall–Kier alpha value is -2.30. The molecule has 2 saturated carbocycles. The monoisotopic (exact) mass is 354 g/mol. The first-order valence-electron chi connectivity index (χ1n) is 9.59. The molecule has 4 atom stereocenters. The van der Waals surface area contributed by atoms with E-state index < -0.39 is 6.04 Å². The van der Waals surface area contributed by atoms with Crippen LogP contribution in [0.3, 0.4) is 0 Å². The van der Waals surface area contributed by atoms with Crippen LogP contribution in [-0.4, -0.2) is 29.5 Å². The Morgan fingerprint density at radius 3 is 2.85 bits per heavy atom. The molecule has 5 heteroatoms. The average molecular weight is 354 g/mol. The smallest absolute Gasteiger partial charge is 0.328 e.